The smallest absolute Gasteiger partial charge is 0.137 e. The quantitative estimate of drug-likeness (QED) is 0.797. The van der Waals surface area contributed by atoms with Gasteiger partial charge in [0.15, 0.2) is 0 Å². The van der Waals surface area contributed by atoms with Gasteiger partial charge in [-0.25, -0.2) is 0 Å². The zero-order valence-corrected chi connectivity index (χ0v) is 10.6. The second-order valence-corrected chi connectivity index (χ2v) is 5.13. The number of fused-ring (bicyclic) bond motifs is 1. The zero-order chi connectivity index (χ0) is 12.1. The second-order valence-electron chi connectivity index (χ2n) is 4.22. The molecule has 0 unspecified atom stereocenters. The number of hydrogen-bond acceptors (Lipinski definition) is 3. The van der Waals surface area contributed by atoms with Gasteiger partial charge in [0.2, 0.25) is 0 Å². The van der Waals surface area contributed by atoms with Gasteiger partial charge in [0.25, 0.3) is 0 Å². The molecule has 17 heavy (non-hydrogen) atoms. The van der Waals surface area contributed by atoms with Crippen LogP contribution in [0.4, 0.5) is 0 Å². The Labute approximate surface area is 105 Å². The predicted molar refractivity (Wildman–Crippen MR) is 73.4 cm³/mol. The van der Waals surface area contributed by atoms with Gasteiger partial charge in [-0.3, -0.25) is 4.79 Å². The maximum absolute atomic E-state index is 11.8. The Morgan fingerprint density at radius 1 is 1.24 bits per heavy atom. The van der Waals surface area contributed by atoms with Crippen molar-refractivity contribution in [2.24, 2.45) is 5.73 Å². The van der Waals surface area contributed by atoms with Crippen molar-refractivity contribution < 1.29 is 4.79 Å². The van der Waals surface area contributed by atoms with Gasteiger partial charge in [-0.15, -0.1) is 11.3 Å². The summed E-state index contributed by atoms with van der Waals surface area (Å²) in [6, 6.07) is 8.25. The van der Waals surface area contributed by atoms with Gasteiger partial charge in [0.05, 0.1) is 0 Å². The van der Waals surface area contributed by atoms with Crippen LogP contribution >= 0.6 is 11.3 Å². The average molecular weight is 247 g/mol. The van der Waals surface area contributed by atoms with Crippen molar-refractivity contribution in [2.75, 3.05) is 6.54 Å². The molecule has 0 fully saturated rings. The standard InChI is InChI=1S/C14H17NOS/c15-8-4-3-5-12(16)9-11-10-17-14-7-2-1-6-13(11)14/h1-2,6-7,10H,3-5,8-9,15H2. The molecular formula is C14H17NOS. The van der Waals surface area contributed by atoms with Crippen molar-refractivity contribution in [3.63, 3.8) is 0 Å². The number of rotatable bonds is 6. The highest BCUT2D eigenvalue weighted by atomic mass is 32.1. The van der Waals surface area contributed by atoms with E-state index >= 15 is 0 Å². The highest BCUT2D eigenvalue weighted by molar-refractivity contribution is 7.17. The molecule has 0 saturated heterocycles. The summed E-state index contributed by atoms with van der Waals surface area (Å²) >= 11 is 1.71. The third kappa shape index (κ3) is 3.14. The van der Waals surface area contributed by atoms with Crippen LogP contribution in [-0.2, 0) is 11.2 Å². The molecule has 1 aromatic carbocycles. The Hall–Kier alpha value is -1.19. The van der Waals surface area contributed by atoms with Gasteiger partial charge < -0.3 is 5.73 Å². The van der Waals surface area contributed by atoms with Crippen molar-refractivity contribution in [2.45, 2.75) is 25.7 Å². The SMILES string of the molecule is NCCCCC(=O)Cc1csc2ccccc12. The predicted octanol–water partition coefficient (Wildman–Crippen LogP) is 3.14. The van der Waals surface area contributed by atoms with E-state index < -0.39 is 0 Å². The zero-order valence-electron chi connectivity index (χ0n) is 9.82. The highest BCUT2D eigenvalue weighted by Gasteiger charge is 2.08. The molecule has 0 radical (unpaired) electrons. The summed E-state index contributed by atoms with van der Waals surface area (Å²) in [6.07, 6.45) is 3.07. The monoisotopic (exact) mass is 247 g/mol. The van der Waals surface area contributed by atoms with E-state index in [4.69, 9.17) is 5.73 Å². The Bertz CT molecular complexity index is 504. The van der Waals surface area contributed by atoms with E-state index in [9.17, 15) is 4.79 Å². The van der Waals surface area contributed by atoms with Crippen molar-refractivity contribution >= 4 is 27.2 Å². The molecule has 0 amide bonds. The van der Waals surface area contributed by atoms with E-state index in [0.717, 1.165) is 12.8 Å². The molecule has 2 rings (SSSR count). The molecule has 1 heterocycles. The second kappa shape index (κ2) is 5.94. The summed E-state index contributed by atoms with van der Waals surface area (Å²) in [4.78, 5) is 11.8. The number of hydrogen-bond donors (Lipinski definition) is 1. The van der Waals surface area contributed by atoms with Gasteiger partial charge in [-0.1, -0.05) is 18.2 Å². The molecule has 3 heteroatoms. The molecule has 2 nitrogen and oxygen atoms in total. The third-order valence-electron chi connectivity index (χ3n) is 2.86. The fourth-order valence-electron chi connectivity index (χ4n) is 1.94. The number of carbonyl (C=O) groups excluding carboxylic acids is 1. The molecule has 0 spiro atoms. The molecular weight excluding hydrogens is 230 g/mol. The summed E-state index contributed by atoms with van der Waals surface area (Å²) in [5.41, 5.74) is 6.59. The first-order chi connectivity index (χ1) is 8.31. The number of nitrogens with two attached hydrogens (primary N) is 1. The number of unbranched alkanes of at least 4 members (excludes halogenated alkanes) is 1. The van der Waals surface area contributed by atoms with E-state index in [1.807, 2.05) is 12.1 Å². The van der Waals surface area contributed by atoms with Crippen molar-refractivity contribution in [3.8, 4) is 0 Å². The fourth-order valence-corrected chi connectivity index (χ4v) is 2.90. The summed E-state index contributed by atoms with van der Waals surface area (Å²) in [7, 11) is 0. The van der Waals surface area contributed by atoms with Crippen LogP contribution in [0.2, 0.25) is 0 Å². The maximum Gasteiger partial charge on any atom is 0.137 e. The highest BCUT2D eigenvalue weighted by Crippen LogP contribution is 2.26. The van der Waals surface area contributed by atoms with Crippen LogP contribution in [0.1, 0.15) is 24.8 Å². The Balaban J connectivity index is 2.01. The summed E-state index contributed by atoms with van der Waals surface area (Å²) in [6.45, 7) is 0.675. The first kappa shape index (κ1) is 12.3. The lowest BCUT2D eigenvalue weighted by molar-refractivity contribution is -0.118. The first-order valence-corrected chi connectivity index (χ1v) is 6.86. The van der Waals surface area contributed by atoms with E-state index in [0.29, 0.717) is 25.2 Å². The van der Waals surface area contributed by atoms with Crippen LogP contribution < -0.4 is 5.73 Å². The number of Topliss-reactive ketones (excluding diaryl/α,β-unsaturated/α-hetero) is 1. The minimum absolute atomic E-state index is 0.321. The molecule has 0 saturated carbocycles. The number of benzene rings is 1. The fraction of sp³-hybridized carbons (Fsp3) is 0.357. The lowest BCUT2D eigenvalue weighted by atomic mass is 10.0. The third-order valence-corrected chi connectivity index (χ3v) is 3.87. The van der Waals surface area contributed by atoms with Crippen LogP contribution in [0.25, 0.3) is 10.1 Å². The molecule has 90 valence electrons. The average Bonchev–Trinajstić information content (AvgIpc) is 2.73. The van der Waals surface area contributed by atoms with E-state index in [1.54, 1.807) is 11.3 Å². The van der Waals surface area contributed by atoms with Crippen LogP contribution in [-0.4, -0.2) is 12.3 Å². The van der Waals surface area contributed by atoms with Gasteiger partial charge in [-0.2, -0.15) is 0 Å². The number of ketones is 1. The Kier molecular flexibility index (Phi) is 4.29. The number of carbonyl (C=O) groups is 1. The minimum Gasteiger partial charge on any atom is -0.330 e. The molecule has 0 aliphatic heterocycles. The topological polar surface area (TPSA) is 43.1 Å². The Morgan fingerprint density at radius 2 is 2.06 bits per heavy atom. The van der Waals surface area contributed by atoms with Gasteiger partial charge in [0.1, 0.15) is 5.78 Å². The molecule has 0 aliphatic rings. The van der Waals surface area contributed by atoms with Gasteiger partial charge in [0, 0.05) is 17.5 Å². The van der Waals surface area contributed by atoms with Crippen LogP contribution in [0.5, 0.6) is 0 Å². The van der Waals surface area contributed by atoms with Gasteiger partial charge in [-0.05, 0) is 41.8 Å². The van der Waals surface area contributed by atoms with E-state index in [2.05, 4.69) is 17.5 Å². The van der Waals surface area contributed by atoms with Crippen molar-refractivity contribution in [1.29, 1.82) is 0 Å². The van der Waals surface area contributed by atoms with Crippen LogP contribution in [0, 0.1) is 0 Å². The maximum atomic E-state index is 11.8. The molecule has 0 atom stereocenters. The van der Waals surface area contributed by atoms with Crippen LogP contribution in [0.3, 0.4) is 0 Å². The van der Waals surface area contributed by atoms with E-state index in [-0.39, 0.29) is 0 Å². The first-order valence-electron chi connectivity index (χ1n) is 5.98. The minimum atomic E-state index is 0.321. The Morgan fingerprint density at radius 3 is 2.88 bits per heavy atom. The normalized spacial score (nSPS) is 10.9. The number of thiophene rings is 1. The molecule has 2 N–H and O–H groups in total. The van der Waals surface area contributed by atoms with E-state index in [1.165, 1.54) is 15.6 Å². The lowest BCUT2D eigenvalue weighted by Gasteiger charge is -2.00. The lowest BCUT2D eigenvalue weighted by Crippen LogP contribution is -2.04. The largest absolute Gasteiger partial charge is 0.330 e. The summed E-state index contributed by atoms with van der Waals surface area (Å²) < 4.78 is 1.26. The summed E-state index contributed by atoms with van der Waals surface area (Å²) in [5, 5.41) is 3.33. The van der Waals surface area contributed by atoms with Gasteiger partial charge >= 0.3 is 0 Å². The van der Waals surface area contributed by atoms with Crippen LogP contribution in [0.15, 0.2) is 29.6 Å². The molecule has 2 aromatic rings. The molecule has 0 aliphatic carbocycles. The van der Waals surface area contributed by atoms with Crippen molar-refractivity contribution in [1.82, 2.24) is 0 Å². The molecule has 1 aromatic heterocycles. The van der Waals surface area contributed by atoms with Crippen molar-refractivity contribution in [3.05, 3.63) is 35.2 Å². The summed E-state index contributed by atoms with van der Waals surface area (Å²) in [5.74, 6) is 0.321. The molecule has 0 bridgehead atoms.